The summed E-state index contributed by atoms with van der Waals surface area (Å²) < 4.78 is 5.82. The van der Waals surface area contributed by atoms with E-state index in [9.17, 15) is 14.4 Å². The molecule has 0 N–H and O–H groups in total. The predicted octanol–water partition coefficient (Wildman–Crippen LogP) is 4.29. The summed E-state index contributed by atoms with van der Waals surface area (Å²) in [5.41, 5.74) is 1.01. The number of hydrogen-bond donors (Lipinski definition) is 0. The summed E-state index contributed by atoms with van der Waals surface area (Å²) in [7, 11) is 0. The van der Waals surface area contributed by atoms with Crippen LogP contribution in [0.1, 0.15) is 5.56 Å². The first-order valence-corrected chi connectivity index (χ1v) is 11.9. The van der Waals surface area contributed by atoms with Crippen molar-refractivity contribution in [3.63, 3.8) is 0 Å². The molecule has 0 bridgehead atoms. The van der Waals surface area contributed by atoms with Crippen LogP contribution in [0, 0.1) is 5.41 Å². The molecule has 176 valence electrons. The van der Waals surface area contributed by atoms with Gasteiger partial charge in [-0.2, -0.15) is 0 Å². The Bertz CT molecular complexity index is 1270. The molecule has 35 heavy (non-hydrogen) atoms. The molecule has 8 heteroatoms. The first-order valence-electron chi connectivity index (χ1n) is 11.5. The summed E-state index contributed by atoms with van der Waals surface area (Å²) in [6.07, 6.45) is 0.141. The van der Waals surface area contributed by atoms with Crippen molar-refractivity contribution in [1.82, 2.24) is 0 Å². The number of imide groups is 2. The zero-order valence-corrected chi connectivity index (χ0v) is 19.5. The van der Waals surface area contributed by atoms with E-state index in [1.54, 1.807) is 54.6 Å². The second-order valence-electron chi connectivity index (χ2n) is 8.94. The molecule has 3 aromatic rings. The van der Waals surface area contributed by atoms with Crippen LogP contribution in [-0.2, 0) is 20.7 Å². The van der Waals surface area contributed by atoms with Crippen LogP contribution in [0.15, 0.2) is 78.9 Å². The van der Waals surface area contributed by atoms with Gasteiger partial charge in [0.15, 0.2) is 5.41 Å². The fourth-order valence-corrected chi connectivity index (χ4v) is 5.65. The van der Waals surface area contributed by atoms with Gasteiger partial charge < -0.3 is 9.64 Å². The van der Waals surface area contributed by atoms with Crippen molar-refractivity contribution >= 4 is 46.5 Å². The van der Waals surface area contributed by atoms with Gasteiger partial charge in [-0.3, -0.25) is 9.59 Å². The van der Waals surface area contributed by atoms with Crippen molar-refractivity contribution in [3.05, 3.63) is 89.4 Å². The van der Waals surface area contributed by atoms with Crippen molar-refractivity contribution in [2.45, 2.75) is 12.5 Å². The molecule has 3 aliphatic heterocycles. The third kappa shape index (κ3) is 3.19. The number of hydrogen-bond acceptors (Lipinski definition) is 5. The molecule has 3 heterocycles. The lowest BCUT2D eigenvalue weighted by Gasteiger charge is -2.54. The topological polar surface area (TPSA) is 70.2 Å². The highest BCUT2D eigenvalue weighted by molar-refractivity contribution is 6.39. The highest BCUT2D eigenvalue weighted by Crippen LogP contribution is 2.48. The highest BCUT2D eigenvalue weighted by atomic mass is 35.5. The normalized spacial score (nSPS) is 21.2. The van der Waals surface area contributed by atoms with Crippen molar-refractivity contribution in [2.75, 3.05) is 34.5 Å². The molecule has 3 aromatic carbocycles. The van der Waals surface area contributed by atoms with E-state index in [2.05, 4.69) is 0 Å². The Morgan fingerprint density at radius 2 is 1.43 bits per heavy atom. The Labute approximate surface area is 207 Å². The number of benzene rings is 3. The summed E-state index contributed by atoms with van der Waals surface area (Å²) in [4.78, 5) is 46.9. The number of para-hydroxylation sites is 2. The molecule has 0 aromatic heterocycles. The molecule has 7 nitrogen and oxygen atoms in total. The minimum atomic E-state index is -1.55. The lowest BCUT2D eigenvalue weighted by molar-refractivity contribution is -0.145. The Kier molecular flexibility index (Phi) is 5.12. The van der Waals surface area contributed by atoms with Crippen LogP contribution >= 0.6 is 11.6 Å². The molecule has 4 amide bonds. The summed E-state index contributed by atoms with van der Waals surface area (Å²) >= 11 is 6.32. The van der Waals surface area contributed by atoms with Gasteiger partial charge >= 0.3 is 6.03 Å². The maximum Gasteiger partial charge on any atom is 0.342 e. The Hall–Kier alpha value is -3.68. The molecule has 6 rings (SSSR count). The maximum atomic E-state index is 14.4. The van der Waals surface area contributed by atoms with E-state index in [0.29, 0.717) is 29.5 Å². The number of amides is 4. The molecule has 2 fully saturated rings. The quantitative estimate of drug-likeness (QED) is 0.504. The average molecular weight is 488 g/mol. The van der Waals surface area contributed by atoms with E-state index >= 15 is 0 Å². The zero-order chi connectivity index (χ0) is 24.2. The SMILES string of the molecule is O=C1N(c2ccccc2)C(=O)C2(Cc3ccc(Cl)cc3N3CCOCC32)C(=O)N1c1ccccc1. The van der Waals surface area contributed by atoms with E-state index in [1.165, 1.54) is 0 Å². The third-order valence-corrected chi connectivity index (χ3v) is 7.34. The van der Waals surface area contributed by atoms with Gasteiger partial charge in [0.1, 0.15) is 0 Å². The molecular formula is C27H22ClN3O4. The van der Waals surface area contributed by atoms with Gasteiger partial charge in [-0.25, -0.2) is 14.6 Å². The first-order chi connectivity index (χ1) is 17.0. The number of carbonyl (C=O) groups excluding carboxylic acids is 3. The van der Waals surface area contributed by atoms with Crippen LogP contribution < -0.4 is 14.7 Å². The number of barbiturate groups is 1. The Morgan fingerprint density at radius 1 is 0.829 bits per heavy atom. The number of rotatable bonds is 2. The third-order valence-electron chi connectivity index (χ3n) is 7.10. The lowest BCUT2D eigenvalue weighted by atomic mass is 9.67. The van der Waals surface area contributed by atoms with Crippen molar-refractivity contribution < 1.29 is 19.1 Å². The minimum Gasteiger partial charge on any atom is -0.377 e. The van der Waals surface area contributed by atoms with Crippen LogP contribution in [0.5, 0.6) is 0 Å². The Balaban J connectivity index is 1.59. The van der Waals surface area contributed by atoms with E-state index in [4.69, 9.17) is 16.3 Å². The van der Waals surface area contributed by atoms with E-state index < -0.39 is 29.3 Å². The number of nitrogens with zero attached hydrogens (tertiary/aromatic N) is 3. The predicted molar refractivity (Wildman–Crippen MR) is 133 cm³/mol. The monoisotopic (exact) mass is 487 g/mol. The minimum absolute atomic E-state index is 0.141. The number of anilines is 3. The Morgan fingerprint density at radius 3 is 2.03 bits per heavy atom. The maximum absolute atomic E-state index is 14.4. The van der Waals surface area contributed by atoms with Gasteiger partial charge in [0.25, 0.3) is 11.8 Å². The van der Waals surface area contributed by atoms with Crippen LogP contribution in [-0.4, -0.2) is 43.6 Å². The molecule has 0 saturated carbocycles. The summed E-state index contributed by atoms with van der Waals surface area (Å²) in [6, 6.07) is 21.7. The van der Waals surface area contributed by atoms with Gasteiger partial charge in [-0.15, -0.1) is 0 Å². The van der Waals surface area contributed by atoms with E-state index in [1.807, 2.05) is 29.2 Å². The molecule has 1 atom stereocenters. The summed E-state index contributed by atoms with van der Waals surface area (Å²) in [5, 5.41) is 0.582. The number of fused-ring (bicyclic) bond motifs is 4. The van der Waals surface area contributed by atoms with Gasteiger partial charge in [0.05, 0.1) is 30.6 Å². The fraction of sp³-hybridized carbons (Fsp3) is 0.222. The first kappa shape index (κ1) is 21.8. The van der Waals surface area contributed by atoms with Gasteiger partial charge in [-0.1, -0.05) is 54.1 Å². The molecule has 1 spiro atoms. The standard InChI is InChI=1S/C27H22ClN3O4/c28-19-12-11-18-16-27(23-17-35-14-13-29(23)22(18)15-19)24(32)30(20-7-3-1-4-8-20)26(34)31(25(27)33)21-9-5-2-6-10-21/h1-12,15,23H,13-14,16-17H2. The molecule has 0 radical (unpaired) electrons. The number of carbonyl (C=O) groups is 3. The van der Waals surface area contributed by atoms with Crippen molar-refractivity contribution in [1.29, 1.82) is 0 Å². The fourth-order valence-electron chi connectivity index (χ4n) is 5.48. The second-order valence-corrected chi connectivity index (χ2v) is 9.38. The summed E-state index contributed by atoms with van der Waals surface area (Å²) in [5.74, 6) is -1.07. The second kappa shape index (κ2) is 8.22. The smallest absolute Gasteiger partial charge is 0.342 e. The summed E-state index contributed by atoms with van der Waals surface area (Å²) in [6.45, 7) is 1.15. The van der Waals surface area contributed by atoms with Crippen LogP contribution in [0.3, 0.4) is 0 Å². The number of ether oxygens (including phenoxy) is 1. The number of halogens is 1. The van der Waals surface area contributed by atoms with E-state index in [0.717, 1.165) is 21.1 Å². The highest BCUT2D eigenvalue weighted by Gasteiger charge is 2.65. The molecule has 0 aliphatic carbocycles. The van der Waals surface area contributed by atoms with Gasteiger partial charge in [0, 0.05) is 17.3 Å². The van der Waals surface area contributed by atoms with Gasteiger partial charge in [0.2, 0.25) is 0 Å². The molecule has 3 aliphatic rings. The van der Waals surface area contributed by atoms with Crippen LogP contribution in [0.25, 0.3) is 0 Å². The van der Waals surface area contributed by atoms with Crippen LogP contribution in [0.4, 0.5) is 21.9 Å². The van der Waals surface area contributed by atoms with E-state index in [-0.39, 0.29) is 13.0 Å². The molecular weight excluding hydrogens is 466 g/mol. The van der Waals surface area contributed by atoms with Crippen LogP contribution in [0.2, 0.25) is 5.02 Å². The molecule has 2 saturated heterocycles. The van der Waals surface area contributed by atoms with Crippen molar-refractivity contribution in [3.8, 4) is 0 Å². The average Bonchev–Trinajstić information content (AvgIpc) is 2.89. The number of morpholine rings is 1. The lowest BCUT2D eigenvalue weighted by Crippen LogP contribution is -2.75. The zero-order valence-electron chi connectivity index (χ0n) is 18.8. The largest absolute Gasteiger partial charge is 0.377 e. The van der Waals surface area contributed by atoms with Crippen molar-refractivity contribution in [2.24, 2.45) is 5.41 Å². The molecule has 1 unspecified atom stereocenters. The number of urea groups is 1. The van der Waals surface area contributed by atoms with Gasteiger partial charge in [-0.05, 0) is 48.4 Å².